The van der Waals surface area contributed by atoms with Gasteiger partial charge in [0.15, 0.2) is 0 Å². The van der Waals surface area contributed by atoms with E-state index in [-0.39, 0.29) is 5.92 Å². The quantitative estimate of drug-likeness (QED) is 0.898. The zero-order valence-electron chi connectivity index (χ0n) is 12.4. The average Bonchev–Trinajstić information content (AvgIpc) is 2.58. The maximum Gasteiger partial charge on any atom is 0.0747 e. The van der Waals surface area contributed by atoms with Crippen molar-refractivity contribution in [1.82, 2.24) is 5.32 Å². The van der Waals surface area contributed by atoms with Gasteiger partial charge in [-0.1, -0.05) is 48.0 Å². The molecule has 2 nitrogen and oxygen atoms in total. The van der Waals surface area contributed by atoms with Crippen molar-refractivity contribution in [3.8, 4) is 17.2 Å². The number of nitriles is 1. The second kappa shape index (κ2) is 6.96. The summed E-state index contributed by atoms with van der Waals surface area (Å²) in [4.78, 5) is 0. The number of nitrogens with zero attached hydrogens (tertiary/aromatic N) is 1. The number of piperidine rings is 1. The Kier molecular flexibility index (Phi) is 4.77. The zero-order valence-corrected chi connectivity index (χ0v) is 13.2. The lowest BCUT2D eigenvalue weighted by atomic mass is 9.79. The van der Waals surface area contributed by atoms with E-state index in [1.807, 2.05) is 36.4 Å². The van der Waals surface area contributed by atoms with Crippen molar-refractivity contribution in [1.29, 1.82) is 5.26 Å². The normalized spacial score (nSPS) is 16.9. The Morgan fingerprint density at radius 3 is 2.41 bits per heavy atom. The molecule has 3 rings (SSSR count). The minimum atomic E-state index is -0.0472. The number of hydrogen-bond acceptors (Lipinski definition) is 2. The summed E-state index contributed by atoms with van der Waals surface area (Å²) >= 11 is 5.99. The van der Waals surface area contributed by atoms with Gasteiger partial charge >= 0.3 is 0 Å². The fraction of sp³-hybridized carbons (Fsp3) is 0.316. The molecule has 0 saturated carbocycles. The van der Waals surface area contributed by atoms with Crippen LogP contribution >= 0.6 is 11.6 Å². The first-order valence-corrected chi connectivity index (χ1v) is 8.12. The van der Waals surface area contributed by atoms with Crippen LogP contribution in [0.25, 0.3) is 11.1 Å². The van der Waals surface area contributed by atoms with Crippen LogP contribution in [0.2, 0.25) is 5.02 Å². The minimum absolute atomic E-state index is 0.0472. The van der Waals surface area contributed by atoms with E-state index in [1.54, 1.807) is 0 Å². The van der Waals surface area contributed by atoms with Crippen molar-refractivity contribution in [2.45, 2.75) is 18.8 Å². The van der Waals surface area contributed by atoms with Gasteiger partial charge < -0.3 is 5.32 Å². The van der Waals surface area contributed by atoms with Gasteiger partial charge in [0.25, 0.3) is 0 Å². The van der Waals surface area contributed by atoms with Crippen molar-refractivity contribution < 1.29 is 0 Å². The highest BCUT2D eigenvalue weighted by Crippen LogP contribution is 2.36. The Morgan fingerprint density at radius 1 is 1.05 bits per heavy atom. The van der Waals surface area contributed by atoms with E-state index in [4.69, 9.17) is 11.6 Å². The van der Waals surface area contributed by atoms with Gasteiger partial charge in [0, 0.05) is 5.02 Å². The molecule has 0 amide bonds. The molecule has 1 aliphatic rings. The SMILES string of the molecule is N#C[C@@H](c1ccccc1-c1ccc(Cl)cc1)C1CCNCC1. The Labute approximate surface area is 136 Å². The van der Waals surface area contributed by atoms with Crippen molar-refractivity contribution in [2.75, 3.05) is 13.1 Å². The Bertz CT molecular complexity index is 667. The highest BCUT2D eigenvalue weighted by atomic mass is 35.5. The molecule has 1 fully saturated rings. The third-order valence-electron chi connectivity index (χ3n) is 4.45. The van der Waals surface area contributed by atoms with Crippen LogP contribution < -0.4 is 5.32 Å². The third-order valence-corrected chi connectivity index (χ3v) is 4.70. The lowest BCUT2D eigenvalue weighted by molar-refractivity contribution is 0.351. The van der Waals surface area contributed by atoms with E-state index in [9.17, 15) is 5.26 Å². The molecule has 112 valence electrons. The molecule has 1 N–H and O–H groups in total. The number of rotatable bonds is 3. The van der Waals surface area contributed by atoms with Crippen LogP contribution in [0.5, 0.6) is 0 Å². The summed E-state index contributed by atoms with van der Waals surface area (Å²) in [7, 11) is 0. The third kappa shape index (κ3) is 3.16. The first-order chi connectivity index (χ1) is 10.8. The van der Waals surface area contributed by atoms with Gasteiger partial charge in [-0.2, -0.15) is 5.26 Å². The number of nitrogens with one attached hydrogen (secondary N) is 1. The highest BCUT2D eigenvalue weighted by Gasteiger charge is 2.26. The van der Waals surface area contributed by atoms with Crippen LogP contribution in [0.15, 0.2) is 48.5 Å². The Hall–Kier alpha value is -1.82. The molecule has 2 aromatic rings. The molecule has 1 aliphatic heterocycles. The van der Waals surface area contributed by atoms with E-state index in [1.165, 1.54) is 0 Å². The van der Waals surface area contributed by atoms with Crippen LogP contribution in [0.3, 0.4) is 0 Å². The van der Waals surface area contributed by atoms with Gasteiger partial charge in [0.05, 0.1) is 12.0 Å². The van der Waals surface area contributed by atoms with Crippen LogP contribution in [-0.4, -0.2) is 13.1 Å². The lowest BCUT2D eigenvalue weighted by Gasteiger charge is -2.28. The van der Waals surface area contributed by atoms with Gasteiger partial charge in [-0.3, -0.25) is 0 Å². The molecule has 3 heteroatoms. The van der Waals surface area contributed by atoms with Crippen molar-refractivity contribution >= 4 is 11.6 Å². The summed E-state index contributed by atoms with van der Waals surface area (Å²) in [5.41, 5.74) is 3.40. The van der Waals surface area contributed by atoms with Gasteiger partial charge in [-0.05, 0) is 60.7 Å². The predicted molar refractivity (Wildman–Crippen MR) is 90.8 cm³/mol. The van der Waals surface area contributed by atoms with Crippen LogP contribution in [-0.2, 0) is 0 Å². The minimum Gasteiger partial charge on any atom is -0.317 e. The highest BCUT2D eigenvalue weighted by molar-refractivity contribution is 6.30. The number of hydrogen-bond donors (Lipinski definition) is 1. The predicted octanol–water partition coefficient (Wildman–Crippen LogP) is 4.61. The van der Waals surface area contributed by atoms with Crippen LogP contribution in [0, 0.1) is 17.2 Å². The Balaban J connectivity index is 1.99. The number of halogens is 1. The van der Waals surface area contributed by atoms with E-state index < -0.39 is 0 Å². The molecule has 0 bridgehead atoms. The van der Waals surface area contributed by atoms with Gasteiger partial charge in [0.2, 0.25) is 0 Å². The van der Waals surface area contributed by atoms with Gasteiger partial charge in [-0.15, -0.1) is 0 Å². The first kappa shape index (κ1) is 15.1. The van der Waals surface area contributed by atoms with E-state index >= 15 is 0 Å². The summed E-state index contributed by atoms with van der Waals surface area (Å²) < 4.78 is 0. The molecule has 2 aromatic carbocycles. The van der Waals surface area contributed by atoms with Crippen molar-refractivity contribution in [3.05, 3.63) is 59.1 Å². The Morgan fingerprint density at radius 2 is 1.73 bits per heavy atom. The molecule has 1 atom stereocenters. The molecule has 22 heavy (non-hydrogen) atoms. The molecular weight excluding hydrogens is 292 g/mol. The smallest absolute Gasteiger partial charge is 0.0747 e. The van der Waals surface area contributed by atoms with Gasteiger partial charge in [-0.25, -0.2) is 0 Å². The fourth-order valence-electron chi connectivity index (χ4n) is 3.27. The molecule has 0 aliphatic carbocycles. The van der Waals surface area contributed by atoms with E-state index in [2.05, 4.69) is 23.5 Å². The molecule has 1 heterocycles. The standard InChI is InChI=1S/C19H19ClN2/c20-16-7-5-14(6-8-16)17-3-1-2-4-18(17)19(13-21)15-9-11-22-12-10-15/h1-8,15,19,22H,9-12H2/t19-/m1/s1. The van der Waals surface area contributed by atoms with Crippen molar-refractivity contribution in [2.24, 2.45) is 5.92 Å². The largest absolute Gasteiger partial charge is 0.317 e. The van der Waals surface area contributed by atoms with Crippen LogP contribution in [0.1, 0.15) is 24.3 Å². The molecule has 0 unspecified atom stereocenters. The van der Waals surface area contributed by atoms with Gasteiger partial charge in [0.1, 0.15) is 0 Å². The molecular formula is C19H19ClN2. The lowest BCUT2D eigenvalue weighted by Crippen LogP contribution is -2.30. The monoisotopic (exact) mass is 310 g/mol. The molecule has 1 saturated heterocycles. The summed E-state index contributed by atoms with van der Waals surface area (Å²) in [6, 6.07) is 18.7. The second-order valence-corrected chi connectivity index (χ2v) is 6.22. The van der Waals surface area contributed by atoms with Crippen LogP contribution in [0.4, 0.5) is 0 Å². The average molecular weight is 311 g/mol. The van der Waals surface area contributed by atoms with Crippen molar-refractivity contribution in [3.63, 3.8) is 0 Å². The zero-order chi connectivity index (χ0) is 15.4. The van der Waals surface area contributed by atoms with E-state index in [0.717, 1.165) is 47.6 Å². The maximum atomic E-state index is 9.76. The van der Waals surface area contributed by atoms with E-state index in [0.29, 0.717) is 5.92 Å². The summed E-state index contributed by atoms with van der Waals surface area (Å²) in [5.74, 6) is 0.383. The molecule has 0 spiro atoms. The summed E-state index contributed by atoms with van der Waals surface area (Å²) in [5, 5.41) is 13.9. The molecule has 0 radical (unpaired) electrons. The summed E-state index contributed by atoms with van der Waals surface area (Å²) in [6.45, 7) is 2.01. The summed E-state index contributed by atoms with van der Waals surface area (Å²) in [6.07, 6.45) is 2.13. The molecule has 0 aromatic heterocycles. The second-order valence-electron chi connectivity index (χ2n) is 5.79. The fourth-order valence-corrected chi connectivity index (χ4v) is 3.39. The maximum absolute atomic E-state index is 9.76. The topological polar surface area (TPSA) is 35.8 Å². The number of benzene rings is 2. The first-order valence-electron chi connectivity index (χ1n) is 7.75.